The van der Waals surface area contributed by atoms with Crippen molar-refractivity contribution in [2.75, 3.05) is 151 Å². The molecule has 143 heavy (non-hydrogen) atoms. The molecule has 1 aliphatic carbocycles. The van der Waals surface area contributed by atoms with Gasteiger partial charge in [0.1, 0.15) is 34.3 Å². The number of amidine groups is 5. The summed E-state index contributed by atoms with van der Waals surface area (Å²) in [6, 6.07) is 20.4. The number of hydroxylamine groups is 5. The molecule has 0 atom stereocenters. The molecular formula is C76H85Br5F5N31O22S4. The van der Waals surface area contributed by atoms with Crippen molar-refractivity contribution >= 4 is 219 Å². The van der Waals surface area contributed by atoms with Crippen LogP contribution in [0, 0.1) is 58.7 Å². The van der Waals surface area contributed by atoms with E-state index in [4.69, 9.17) is 37.8 Å². The van der Waals surface area contributed by atoms with E-state index in [1.165, 1.54) is 119 Å². The van der Waals surface area contributed by atoms with E-state index in [9.17, 15) is 91.2 Å². The Balaban J connectivity index is 0.000000150. The lowest BCUT2D eigenvalue weighted by Crippen LogP contribution is -2.58. The average Bonchev–Trinajstić information content (AvgIpc) is 1.71. The summed E-state index contributed by atoms with van der Waals surface area (Å²) in [6.45, 7) is 8.18. The van der Waals surface area contributed by atoms with Gasteiger partial charge in [-0.25, -0.2) is 108 Å². The first kappa shape index (κ1) is 109. The fourth-order valence-corrected chi connectivity index (χ4v) is 21.3. The van der Waals surface area contributed by atoms with Gasteiger partial charge in [-0.3, -0.25) is 67.2 Å². The van der Waals surface area contributed by atoms with Crippen LogP contribution >= 0.6 is 79.6 Å². The molecule has 2 amide bonds. The number of primary amides is 1. The molecule has 7 fully saturated rings. The van der Waals surface area contributed by atoms with Crippen molar-refractivity contribution in [1.29, 1.82) is 0 Å². The molecule has 17 N–H and O–H groups in total. The molecule has 53 nitrogen and oxygen atoms in total. The number of sulfonamides is 3. The third-order valence-corrected chi connectivity index (χ3v) is 31.7. The minimum Gasteiger partial charge on any atom is -0.378 e. The number of likely N-dealkylation sites (tertiary alicyclic amines) is 1. The molecule has 10 aromatic rings. The van der Waals surface area contributed by atoms with Crippen LogP contribution in [0.5, 0.6) is 0 Å². The van der Waals surface area contributed by atoms with E-state index in [0.717, 1.165) is 12.8 Å². The monoisotopic (exact) mass is 2400 g/mol. The van der Waals surface area contributed by atoms with Crippen LogP contribution in [0.2, 0.25) is 0 Å². The predicted molar refractivity (Wildman–Crippen MR) is 510 cm³/mol. The smallest absolute Gasteiger partial charge is 0.338 e. The van der Waals surface area contributed by atoms with E-state index in [2.05, 4.69) is 183 Å². The second-order valence-corrected chi connectivity index (χ2v) is 44.1. The predicted octanol–water partition coefficient (Wildman–Crippen LogP) is 6.33. The number of aromatic nitrogens is 10. The standard InChI is InChI=1S/C16H18BrFN6O5S.C16H18BrFN6O4S.C15H15BrFN7O4.C15H18BrFN6O5S.C14H16BrFN6O4S/c17-12-3-10(1-2-13(12)18)20-16(21-25)14-15(23-29-22-14)19-4-9-5-24(6-9)30(26,27)11-7-28-8-11;17-12-5-10(1-4-13(12)18)20-16(21-25)14-15(23-28-22-14)19-6-9-7-24(8-9)29(26,27)11-2-3-11;16-9-3-8(1-2-10(9)17)20-14(21-27)11-13(23-28-22-11)19-4-7-5-24(6-7)15(26)12(18)25;1-2-27-29(25,26)23-7-9(8-23)6-18-14-13(21-28-22-14)15(20-24)19-10-3-4-12(17)11(16)5-10;1-27(24,25)22-6-8(7-22)5-17-13-12(20-26-21-13)14(19-23)18-9-2-3-11(16)10(15)4-9/h1-3,9,11,25H,4-8H2,(H,19,23)(H,20,21);1,4-5,9,11,25H,2-3,6-8H2,(H,19,23)(H,20,21);1-3,7,27H,4-6H2,(H2,18,25)(H,19,23)(H,20,21);3-5,9,24H,2,6-8H2,1H3,(H,18,22)(H,19,20);2-4,8,23H,5-7H2,1H3,(H,17,21)(H,18,19). The van der Waals surface area contributed by atoms with Crippen molar-refractivity contribution in [1.82, 2.24) is 101 Å². The van der Waals surface area contributed by atoms with Crippen molar-refractivity contribution in [3.05, 3.63) is 171 Å². The highest BCUT2D eigenvalue weighted by Gasteiger charge is 2.47. The number of hydrogen-bond acceptors (Lipinski definition) is 42. The van der Waals surface area contributed by atoms with Crippen LogP contribution in [0.1, 0.15) is 48.2 Å². The van der Waals surface area contributed by atoms with E-state index < -0.39 is 86.5 Å². The Morgan fingerprint density at radius 2 is 0.636 bits per heavy atom. The zero-order valence-corrected chi connectivity index (χ0v) is 85.2. The number of benzene rings is 5. The molecule has 0 bridgehead atoms. The van der Waals surface area contributed by atoms with E-state index in [1.54, 1.807) is 6.92 Å². The Bertz CT molecular complexity index is 6830. The number of aliphatic imine (C=N–C) groups is 5. The number of halogens is 10. The Kier molecular flexibility index (Phi) is 37.2. The SMILES string of the molecule is CCOS(=O)(=O)N1CC(CNc2nonc2C(=Nc2ccc(F)c(Br)c2)NO)C1.CS(=O)(=O)N1CC(CNc2nonc2C(=Nc2ccc(F)c(Br)c2)NO)C1.NC(=O)C(=O)N1CC(CNc2nonc2C(=Nc2ccc(F)c(Br)c2)NO)C1.O=S(=O)(C1CC1)N1CC(CNc2nonc2C(=Nc2ccc(F)c(Br)c2)NO)C1.O=S(=O)(C1COC1)N1CC(CNc2nonc2C(=Nc2ccc(F)c(Br)c2)NO)C1. The van der Waals surface area contributed by atoms with Crippen LogP contribution < -0.4 is 59.7 Å². The lowest BCUT2D eigenvalue weighted by Gasteiger charge is -2.41. The first-order valence-electron chi connectivity index (χ1n) is 42.0. The number of amides is 2. The lowest BCUT2D eigenvalue weighted by atomic mass is 10.00. The highest BCUT2D eigenvalue weighted by molar-refractivity contribution is 9.11. The van der Waals surface area contributed by atoms with Gasteiger partial charge in [0.25, 0.3) is 0 Å². The molecule has 6 aliphatic heterocycles. The molecule has 5 aromatic heterocycles. The van der Waals surface area contributed by atoms with Gasteiger partial charge in [0.2, 0.25) is 59.2 Å². The molecule has 6 saturated heterocycles. The number of hydrogen-bond donors (Lipinski definition) is 16. The van der Waals surface area contributed by atoms with Crippen LogP contribution in [0.25, 0.3) is 0 Å². The van der Waals surface area contributed by atoms with Crippen molar-refractivity contribution in [3.8, 4) is 0 Å². The molecule has 0 radical (unpaired) electrons. The zero-order chi connectivity index (χ0) is 103. The van der Waals surface area contributed by atoms with Gasteiger partial charge in [0, 0.05) is 128 Å². The average molecular weight is 2410 g/mol. The summed E-state index contributed by atoms with van der Waals surface area (Å²) >= 11 is 15.3. The molecule has 0 unspecified atom stereocenters. The molecule has 5 aromatic carbocycles. The second kappa shape index (κ2) is 48.9. The second-order valence-electron chi connectivity index (χ2n) is 31.8. The lowest BCUT2D eigenvalue weighted by molar-refractivity contribution is -0.148. The summed E-state index contributed by atoms with van der Waals surface area (Å²) in [4.78, 5) is 44.4. The fraction of sp³-hybridized carbons (Fsp3) is 0.382. The summed E-state index contributed by atoms with van der Waals surface area (Å²) < 4.78 is 202. The Hall–Kier alpha value is -11.5. The van der Waals surface area contributed by atoms with Gasteiger partial charge in [-0.15, -0.1) is 0 Å². The minimum atomic E-state index is -3.68. The maximum atomic E-state index is 13.4. The molecule has 0 spiro atoms. The largest absolute Gasteiger partial charge is 0.378 e. The molecule has 1 saturated carbocycles. The summed E-state index contributed by atoms with van der Waals surface area (Å²) in [5, 5.41) is 98.8. The topological polar surface area (TPSA) is 709 Å². The zero-order valence-electron chi connectivity index (χ0n) is 74.0. The number of carbonyl (C=O) groups excluding carboxylic acids is 2. The van der Waals surface area contributed by atoms with E-state index in [1.807, 2.05) is 27.4 Å². The molecule has 67 heteroatoms. The van der Waals surface area contributed by atoms with Gasteiger partial charge in [-0.1, -0.05) is 0 Å². The Morgan fingerprint density at radius 3 is 0.853 bits per heavy atom. The summed E-state index contributed by atoms with van der Waals surface area (Å²) in [6.07, 6.45) is 2.66. The maximum Gasteiger partial charge on any atom is 0.338 e. The van der Waals surface area contributed by atoms with Crippen LogP contribution in [-0.4, -0.2) is 309 Å². The number of nitrogens with one attached hydrogen (secondary N) is 10. The summed E-state index contributed by atoms with van der Waals surface area (Å²) in [5.74, 6) is -2.68. The van der Waals surface area contributed by atoms with Crippen molar-refractivity contribution in [2.24, 2.45) is 60.3 Å². The number of rotatable bonds is 33. The number of nitrogens with two attached hydrogens (primary N) is 1. The third kappa shape index (κ3) is 28.4. The molecule has 11 heterocycles. The van der Waals surface area contributed by atoms with Crippen molar-refractivity contribution in [3.63, 3.8) is 0 Å². The summed E-state index contributed by atoms with van der Waals surface area (Å²) in [5.41, 5.74) is 16.9. The van der Waals surface area contributed by atoms with Gasteiger partial charge in [-0.2, -0.15) is 12.7 Å². The van der Waals surface area contributed by atoms with Crippen LogP contribution in [0.3, 0.4) is 0 Å². The Morgan fingerprint density at radius 1 is 0.392 bits per heavy atom. The quantitative estimate of drug-likeness (QED) is 0.00702. The number of anilines is 5. The van der Waals surface area contributed by atoms with Gasteiger partial charge in [0.15, 0.2) is 57.6 Å². The van der Waals surface area contributed by atoms with E-state index in [0.29, 0.717) is 127 Å². The van der Waals surface area contributed by atoms with Crippen molar-refractivity contribution in [2.45, 2.75) is 30.3 Å². The highest BCUT2D eigenvalue weighted by Crippen LogP contribution is 2.37. The summed E-state index contributed by atoms with van der Waals surface area (Å²) in [7, 11) is -13.3. The van der Waals surface area contributed by atoms with Crippen LogP contribution in [0.15, 0.2) is 161 Å². The number of nitrogens with zero attached hydrogens (tertiary/aromatic N) is 20. The van der Waals surface area contributed by atoms with Crippen LogP contribution in [0.4, 0.5) is 79.5 Å². The third-order valence-electron chi connectivity index (χ3n) is 21.5. The van der Waals surface area contributed by atoms with E-state index >= 15 is 0 Å². The minimum absolute atomic E-state index is 0.0327. The number of carbonyl (C=O) groups is 2. The first-order chi connectivity index (χ1) is 68.3. The van der Waals surface area contributed by atoms with Gasteiger partial charge < -0.3 is 42.0 Å². The van der Waals surface area contributed by atoms with Gasteiger partial charge >= 0.3 is 22.1 Å². The first-order valence-corrected chi connectivity index (χ1v) is 52.2. The fourth-order valence-electron chi connectivity index (χ4n) is 13.5. The maximum absolute atomic E-state index is 13.4. The molecule has 17 rings (SSSR count). The Labute approximate surface area is 849 Å². The molecule has 7 aliphatic rings. The highest BCUT2D eigenvalue weighted by atomic mass is 79.9. The normalized spacial score (nSPS) is 16.8. The molecular weight excluding hydrogens is 2320 g/mol. The molecule has 770 valence electrons. The number of ether oxygens (including phenoxy) is 1. The van der Waals surface area contributed by atoms with Gasteiger partial charge in [0.05, 0.1) is 82.1 Å². The van der Waals surface area contributed by atoms with Crippen molar-refractivity contribution < 1.29 is 123 Å². The van der Waals surface area contributed by atoms with Gasteiger partial charge in [-0.05, 0) is 242 Å². The van der Waals surface area contributed by atoms with E-state index in [-0.39, 0.29) is 164 Å². The van der Waals surface area contributed by atoms with Crippen LogP contribution in [-0.2, 0) is 58.9 Å².